The Morgan fingerprint density at radius 2 is 2.15 bits per heavy atom. The van der Waals surface area contributed by atoms with Gasteiger partial charge in [-0.1, -0.05) is 32.0 Å². The lowest BCUT2D eigenvalue weighted by molar-refractivity contribution is -0.0284. The standard InChI is InChI=1S/C20H34N4O2/c1-16(2)14-24-11-12-26-18(15-24)13-23-20(21-3)22-10-9-17-7-5-6-8-19(17)25-4/h5-8,16,18H,9-15H2,1-4H3,(H2,21,22,23). The molecule has 146 valence electrons. The number of ether oxygens (including phenoxy) is 2. The molecule has 1 aliphatic heterocycles. The van der Waals surface area contributed by atoms with Crippen molar-refractivity contribution in [2.45, 2.75) is 26.4 Å². The molecular weight excluding hydrogens is 328 g/mol. The summed E-state index contributed by atoms with van der Waals surface area (Å²) in [7, 11) is 3.50. The Morgan fingerprint density at radius 1 is 1.35 bits per heavy atom. The zero-order chi connectivity index (χ0) is 18.8. The van der Waals surface area contributed by atoms with Gasteiger partial charge in [0.1, 0.15) is 5.75 Å². The number of guanidine groups is 1. The summed E-state index contributed by atoms with van der Waals surface area (Å²) in [6.45, 7) is 10.0. The highest BCUT2D eigenvalue weighted by molar-refractivity contribution is 5.79. The molecule has 6 nitrogen and oxygen atoms in total. The van der Waals surface area contributed by atoms with Gasteiger partial charge in [-0.25, -0.2) is 0 Å². The van der Waals surface area contributed by atoms with Crippen molar-refractivity contribution in [3.63, 3.8) is 0 Å². The number of para-hydroxylation sites is 1. The summed E-state index contributed by atoms with van der Waals surface area (Å²) in [6, 6.07) is 8.11. The quantitative estimate of drug-likeness (QED) is 0.545. The molecule has 2 rings (SSSR count). The molecule has 1 unspecified atom stereocenters. The molecule has 0 aliphatic carbocycles. The zero-order valence-electron chi connectivity index (χ0n) is 16.6. The Labute approximate surface area is 158 Å². The number of morpholine rings is 1. The van der Waals surface area contributed by atoms with E-state index >= 15 is 0 Å². The van der Waals surface area contributed by atoms with E-state index in [2.05, 4.69) is 40.4 Å². The van der Waals surface area contributed by atoms with E-state index in [0.29, 0.717) is 5.92 Å². The first-order chi connectivity index (χ1) is 12.6. The normalized spacial score (nSPS) is 18.8. The van der Waals surface area contributed by atoms with Crippen LogP contribution in [0.2, 0.25) is 0 Å². The van der Waals surface area contributed by atoms with Gasteiger partial charge in [-0.05, 0) is 24.0 Å². The summed E-state index contributed by atoms with van der Waals surface area (Å²) in [5.41, 5.74) is 1.19. The minimum Gasteiger partial charge on any atom is -0.496 e. The van der Waals surface area contributed by atoms with Gasteiger partial charge in [0, 0.05) is 39.8 Å². The van der Waals surface area contributed by atoms with E-state index < -0.39 is 0 Å². The molecule has 0 aromatic heterocycles. The maximum absolute atomic E-state index is 5.89. The van der Waals surface area contributed by atoms with Crippen molar-refractivity contribution in [3.8, 4) is 5.75 Å². The monoisotopic (exact) mass is 362 g/mol. The van der Waals surface area contributed by atoms with E-state index in [9.17, 15) is 0 Å². The van der Waals surface area contributed by atoms with Crippen molar-refractivity contribution in [1.29, 1.82) is 0 Å². The minimum atomic E-state index is 0.204. The van der Waals surface area contributed by atoms with Crippen LogP contribution in [0.3, 0.4) is 0 Å². The summed E-state index contributed by atoms with van der Waals surface area (Å²) in [4.78, 5) is 6.79. The fraction of sp³-hybridized carbons (Fsp3) is 0.650. The van der Waals surface area contributed by atoms with Crippen molar-refractivity contribution in [3.05, 3.63) is 29.8 Å². The highest BCUT2D eigenvalue weighted by Gasteiger charge is 2.21. The second kappa shape index (κ2) is 11.0. The molecule has 0 saturated carbocycles. The first kappa shape index (κ1) is 20.5. The third-order valence-electron chi connectivity index (χ3n) is 4.45. The second-order valence-corrected chi connectivity index (χ2v) is 7.09. The van der Waals surface area contributed by atoms with Gasteiger partial charge in [-0.3, -0.25) is 9.89 Å². The number of methoxy groups -OCH3 is 1. The van der Waals surface area contributed by atoms with Gasteiger partial charge in [-0.2, -0.15) is 0 Å². The van der Waals surface area contributed by atoms with Crippen LogP contribution in [0.25, 0.3) is 0 Å². The molecule has 0 spiro atoms. The highest BCUT2D eigenvalue weighted by atomic mass is 16.5. The van der Waals surface area contributed by atoms with Crippen LogP contribution in [0.4, 0.5) is 0 Å². The van der Waals surface area contributed by atoms with Crippen molar-refractivity contribution in [1.82, 2.24) is 15.5 Å². The molecule has 1 atom stereocenters. The van der Waals surface area contributed by atoms with E-state index in [1.165, 1.54) is 5.56 Å². The number of nitrogens with one attached hydrogen (secondary N) is 2. The Kier molecular flexibility index (Phi) is 8.71. The maximum Gasteiger partial charge on any atom is 0.191 e. The molecule has 1 fully saturated rings. The molecule has 1 aromatic rings. The average Bonchev–Trinajstić information content (AvgIpc) is 2.64. The van der Waals surface area contributed by atoms with E-state index in [1.54, 1.807) is 14.2 Å². The van der Waals surface area contributed by atoms with E-state index in [1.807, 2.05) is 18.2 Å². The first-order valence-electron chi connectivity index (χ1n) is 9.52. The molecule has 1 saturated heterocycles. The largest absolute Gasteiger partial charge is 0.496 e. The van der Waals surface area contributed by atoms with Crippen LogP contribution < -0.4 is 15.4 Å². The molecule has 0 amide bonds. The molecular formula is C20H34N4O2. The predicted molar refractivity (Wildman–Crippen MR) is 107 cm³/mol. The van der Waals surface area contributed by atoms with Crippen molar-refractivity contribution in [2.24, 2.45) is 10.9 Å². The van der Waals surface area contributed by atoms with Gasteiger partial charge in [0.25, 0.3) is 0 Å². The molecule has 6 heteroatoms. The van der Waals surface area contributed by atoms with Crippen LogP contribution >= 0.6 is 0 Å². The SMILES string of the molecule is CN=C(NCCc1ccccc1OC)NCC1CN(CC(C)C)CCO1. The number of nitrogens with zero attached hydrogens (tertiary/aromatic N) is 2. The van der Waals surface area contributed by atoms with Gasteiger partial charge in [-0.15, -0.1) is 0 Å². The number of benzene rings is 1. The van der Waals surface area contributed by atoms with Gasteiger partial charge in [0.2, 0.25) is 0 Å². The fourth-order valence-corrected chi connectivity index (χ4v) is 3.24. The number of aliphatic imine (C=N–C) groups is 1. The third-order valence-corrected chi connectivity index (χ3v) is 4.45. The van der Waals surface area contributed by atoms with Gasteiger partial charge in [0.15, 0.2) is 5.96 Å². The van der Waals surface area contributed by atoms with Gasteiger partial charge in [0.05, 0.1) is 19.8 Å². The summed E-state index contributed by atoms with van der Waals surface area (Å²) in [5.74, 6) is 2.42. The van der Waals surface area contributed by atoms with Gasteiger partial charge < -0.3 is 20.1 Å². The average molecular weight is 363 g/mol. The molecule has 26 heavy (non-hydrogen) atoms. The Bertz CT molecular complexity index is 562. The maximum atomic E-state index is 5.89. The van der Waals surface area contributed by atoms with Crippen LogP contribution in [0.1, 0.15) is 19.4 Å². The Morgan fingerprint density at radius 3 is 2.88 bits per heavy atom. The number of rotatable bonds is 8. The molecule has 1 aromatic carbocycles. The minimum absolute atomic E-state index is 0.204. The summed E-state index contributed by atoms with van der Waals surface area (Å²) < 4.78 is 11.3. The highest BCUT2D eigenvalue weighted by Crippen LogP contribution is 2.17. The third kappa shape index (κ3) is 6.84. The first-order valence-corrected chi connectivity index (χ1v) is 9.52. The van der Waals surface area contributed by atoms with Gasteiger partial charge >= 0.3 is 0 Å². The molecule has 0 bridgehead atoms. The summed E-state index contributed by atoms with van der Waals surface area (Å²) in [5, 5.41) is 6.75. The number of hydrogen-bond acceptors (Lipinski definition) is 4. The lowest BCUT2D eigenvalue weighted by atomic mass is 10.1. The van der Waals surface area contributed by atoms with Crippen LogP contribution in [0, 0.1) is 5.92 Å². The molecule has 2 N–H and O–H groups in total. The predicted octanol–water partition coefficient (Wildman–Crippen LogP) is 1.76. The number of hydrogen-bond donors (Lipinski definition) is 2. The van der Waals surface area contributed by atoms with Crippen molar-refractivity contribution in [2.75, 3.05) is 53.5 Å². The van der Waals surface area contributed by atoms with Crippen LogP contribution in [-0.4, -0.2) is 70.5 Å². The molecule has 0 radical (unpaired) electrons. The zero-order valence-corrected chi connectivity index (χ0v) is 16.6. The Balaban J connectivity index is 1.72. The lowest BCUT2D eigenvalue weighted by Gasteiger charge is -2.34. The smallest absolute Gasteiger partial charge is 0.191 e. The van der Waals surface area contributed by atoms with Crippen LogP contribution in [0.15, 0.2) is 29.3 Å². The lowest BCUT2D eigenvalue weighted by Crippen LogP contribution is -2.50. The van der Waals surface area contributed by atoms with Crippen molar-refractivity contribution >= 4 is 5.96 Å². The van der Waals surface area contributed by atoms with Crippen molar-refractivity contribution < 1.29 is 9.47 Å². The van der Waals surface area contributed by atoms with Crippen LogP contribution in [-0.2, 0) is 11.2 Å². The van der Waals surface area contributed by atoms with E-state index in [-0.39, 0.29) is 6.10 Å². The van der Waals surface area contributed by atoms with E-state index in [4.69, 9.17) is 9.47 Å². The van der Waals surface area contributed by atoms with Crippen LogP contribution in [0.5, 0.6) is 5.75 Å². The topological polar surface area (TPSA) is 58.1 Å². The summed E-state index contributed by atoms with van der Waals surface area (Å²) in [6.07, 6.45) is 1.09. The summed E-state index contributed by atoms with van der Waals surface area (Å²) >= 11 is 0. The second-order valence-electron chi connectivity index (χ2n) is 7.09. The fourth-order valence-electron chi connectivity index (χ4n) is 3.24. The Hall–Kier alpha value is -1.79. The van der Waals surface area contributed by atoms with E-state index in [0.717, 1.165) is 57.5 Å². The molecule has 1 heterocycles. The molecule has 1 aliphatic rings.